The van der Waals surface area contributed by atoms with Gasteiger partial charge in [0.15, 0.2) is 0 Å². The topological polar surface area (TPSA) is 26.3 Å². The summed E-state index contributed by atoms with van der Waals surface area (Å²) >= 11 is 0. The number of rotatable bonds is 5. The Morgan fingerprint density at radius 1 is 1.44 bits per heavy atom. The summed E-state index contributed by atoms with van der Waals surface area (Å²) in [6.45, 7) is 12.0. The summed E-state index contributed by atoms with van der Waals surface area (Å²) in [7, 11) is 0. The lowest BCUT2D eigenvalue weighted by Crippen LogP contribution is -2.30. The molecule has 0 aliphatic carbocycles. The summed E-state index contributed by atoms with van der Waals surface area (Å²) < 4.78 is 5.13. The first-order valence-electron chi connectivity index (χ1n) is 6.30. The molecule has 0 aliphatic rings. The first-order valence-corrected chi connectivity index (χ1v) is 6.30. The van der Waals surface area contributed by atoms with Crippen LogP contribution in [0.5, 0.6) is 0 Å². The molecular weight excluding hydrogens is 224 g/mol. The molecule has 1 rings (SSSR count). The van der Waals surface area contributed by atoms with Crippen LogP contribution in [0.2, 0.25) is 0 Å². The summed E-state index contributed by atoms with van der Waals surface area (Å²) in [6, 6.07) is 6.28. The van der Waals surface area contributed by atoms with Crippen molar-refractivity contribution in [3.8, 4) is 0 Å². The van der Waals surface area contributed by atoms with Gasteiger partial charge < -0.3 is 4.74 Å². The van der Waals surface area contributed by atoms with Crippen LogP contribution in [-0.2, 0) is 16.0 Å². The van der Waals surface area contributed by atoms with Crippen LogP contribution < -0.4 is 0 Å². The zero-order chi connectivity index (χ0) is 13.8. The van der Waals surface area contributed by atoms with Gasteiger partial charge in [-0.15, -0.1) is 6.58 Å². The Bertz CT molecular complexity index is 448. The number of hydrogen-bond donors (Lipinski definition) is 0. The number of aryl methyl sites for hydroxylation is 2. The van der Waals surface area contributed by atoms with Gasteiger partial charge >= 0.3 is 5.97 Å². The molecule has 2 heteroatoms. The molecule has 0 saturated heterocycles. The van der Waals surface area contributed by atoms with Crippen LogP contribution in [0.25, 0.3) is 0 Å². The van der Waals surface area contributed by atoms with E-state index in [1.807, 2.05) is 13.8 Å². The Labute approximate surface area is 110 Å². The summed E-state index contributed by atoms with van der Waals surface area (Å²) in [5.41, 5.74) is 2.91. The van der Waals surface area contributed by atoms with Gasteiger partial charge in [0.05, 0.1) is 12.0 Å². The molecule has 1 atom stereocenters. The Kier molecular flexibility index (Phi) is 4.71. The maximum atomic E-state index is 12.0. The highest BCUT2D eigenvalue weighted by molar-refractivity contribution is 5.79. The van der Waals surface area contributed by atoms with Crippen molar-refractivity contribution < 1.29 is 9.53 Å². The van der Waals surface area contributed by atoms with Crippen LogP contribution in [0.15, 0.2) is 30.9 Å². The third kappa shape index (κ3) is 3.22. The predicted octanol–water partition coefficient (Wildman–Crippen LogP) is 3.60. The van der Waals surface area contributed by atoms with Gasteiger partial charge in [0.1, 0.15) is 0 Å². The van der Waals surface area contributed by atoms with Crippen LogP contribution >= 0.6 is 0 Å². The maximum Gasteiger partial charge on any atom is 0.315 e. The predicted molar refractivity (Wildman–Crippen MR) is 74.6 cm³/mol. The molecule has 18 heavy (non-hydrogen) atoms. The van der Waals surface area contributed by atoms with E-state index in [-0.39, 0.29) is 5.97 Å². The number of benzene rings is 1. The second kappa shape index (κ2) is 5.85. The van der Waals surface area contributed by atoms with E-state index in [4.69, 9.17) is 4.74 Å². The van der Waals surface area contributed by atoms with E-state index in [2.05, 4.69) is 38.6 Å². The minimum absolute atomic E-state index is 0.207. The molecule has 0 bridgehead atoms. The van der Waals surface area contributed by atoms with Gasteiger partial charge in [0, 0.05) is 0 Å². The van der Waals surface area contributed by atoms with Crippen molar-refractivity contribution in [3.63, 3.8) is 0 Å². The van der Waals surface area contributed by atoms with Crippen molar-refractivity contribution in [2.24, 2.45) is 5.41 Å². The third-order valence-corrected chi connectivity index (χ3v) is 3.25. The van der Waals surface area contributed by atoms with E-state index in [0.717, 1.165) is 0 Å². The standard InChI is InChI=1S/C16H22O2/c1-6-16(5,15(17)18-7-2)11-14-10-12(3)8-9-13(14)4/h6,8-10H,1,7,11H2,2-5H3. The van der Waals surface area contributed by atoms with E-state index < -0.39 is 5.41 Å². The number of hydrogen-bond acceptors (Lipinski definition) is 2. The molecule has 0 aromatic heterocycles. The molecule has 0 amide bonds. The second-order valence-corrected chi connectivity index (χ2v) is 4.95. The monoisotopic (exact) mass is 246 g/mol. The van der Waals surface area contributed by atoms with Crippen LogP contribution in [0, 0.1) is 19.3 Å². The van der Waals surface area contributed by atoms with E-state index in [0.29, 0.717) is 13.0 Å². The average Bonchev–Trinajstić information content (AvgIpc) is 2.34. The molecule has 1 aromatic carbocycles. The zero-order valence-electron chi connectivity index (χ0n) is 11.7. The third-order valence-electron chi connectivity index (χ3n) is 3.25. The molecule has 0 saturated carbocycles. The van der Waals surface area contributed by atoms with Crippen molar-refractivity contribution in [1.29, 1.82) is 0 Å². The quantitative estimate of drug-likeness (QED) is 0.586. The maximum absolute atomic E-state index is 12.0. The smallest absolute Gasteiger partial charge is 0.315 e. The molecule has 0 spiro atoms. The molecule has 0 aliphatic heterocycles. The largest absolute Gasteiger partial charge is 0.465 e. The number of ether oxygens (including phenoxy) is 1. The fourth-order valence-electron chi connectivity index (χ4n) is 1.91. The van der Waals surface area contributed by atoms with Gasteiger partial charge in [-0.2, -0.15) is 0 Å². The number of carbonyl (C=O) groups is 1. The minimum atomic E-state index is -0.658. The molecule has 0 heterocycles. The lowest BCUT2D eigenvalue weighted by molar-refractivity contribution is -0.151. The second-order valence-electron chi connectivity index (χ2n) is 4.95. The van der Waals surface area contributed by atoms with E-state index in [1.54, 1.807) is 6.08 Å². The van der Waals surface area contributed by atoms with Gasteiger partial charge in [-0.1, -0.05) is 29.8 Å². The van der Waals surface area contributed by atoms with Crippen LogP contribution in [0.1, 0.15) is 30.5 Å². The lowest BCUT2D eigenvalue weighted by Gasteiger charge is -2.24. The zero-order valence-corrected chi connectivity index (χ0v) is 11.7. The summed E-state index contributed by atoms with van der Waals surface area (Å²) in [5, 5.41) is 0. The van der Waals surface area contributed by atoms with Crippen LogP contribution in [-0.4, -0.2) is 12.6 Å². The summed E-state index contributed by atoms with van der Waals surface area (Å²) in [5.74, 6) is -0.207. The van der Waals surface area contributed by atoms with E-state index in [1.165, 1.54) is 16.7 Å². The van der Waals surface area contributed by atoms with Crippen molar-refractivity contribution in [3.05, 3.63) is 47.5 Å². The highest BCUT2D eigenvalue weighted by Gasteiger charge is 2.32. The van der Waals surface area contributed by atoms with Crippen molar-refractivity contribution >= 4 is 5.97 Å². The van der Waals surface area contributed by atoms with Gasteiger partial charge in [-0.05, 0) is 45.2 Å². The minimum Gasteiger partial charge on any atom is -0.465 e. The first-order chi connectivity index (χ1) is 8.42. The SMILES string of the molecule is C=CC(C)(Cc1cc(C)ccc1C)C(=O)OCC. The number of esters is 1. The molecule has 0 radical (unpaired) electrons. The van der Waals surface area contributed by atoms with Gasteiger partial charge in [0.25, 0.3) is 0 Å². The van der Waals surface area contributed by atoms with Crippen molar-refractivity contribution in [1.82, 2.24) is 0 Å². The number of carbonyl (C=O) groups excluding carboxylic acids is 1. The fourth-order valence-corrected chi connectivity index (χ4v) is 1.91. The Morgan fingerprint density at radius 3 is 2.67 bits per heavy atom. The molecular formula is C16H22O2. The molecule has 2 nitrogen and oxygen atoms in total. The molecule has 0 N–H and O–H groups in total. The summed E-state index contributed by atoms with van der Waals surface area (Å²) in [6.07, 6.45) is 2.32. The molecule has 1 unspecified atom stereocenters. The van der Waals surface area contributed by atoms with Crippen molar-refractivity contribution in [2.45, 2.75) is 34.1 Å². The van der Waals surface area contributed by atoms with Crippen LogP contribution in [0.4, 0.5) is 0 Å². The van der Waals surface area contributed by atoms with E-state index in [9.17, 15) is 4.79 Å². The van der Waals surface area contributed by atoms with Gasteiger partial charge in [-0.3, -0.25) is 4.79 Å². The van der Waals surface area contributed by atoms with Gasteiger partial charge in [0.2, 0.25) is 0 Å². The van der Waals surface area contributed by atoms with Gasteiger partial charge in [-0.25, -0.2) is 0 Å². The highest BCUT2D eigenvalue weighted by Crippen LogP contribution is 2.27. The molecule has 98 valence electrons. The molecule has 0 fully saturated rings. The summed E-state index contributed by atoms with van der Waals surface area (Å²) in [4.78, 5) is 12.0. The lowest BCUT2D eigenvalue weighted by atomic mass is 9.82. The normalized spacial score (nSPS) is 13.8. The first kappa shape index (κ1) is 14.5. The highest BCUT2D eigenvalue weighted by atomic mass is 16.5. The average molecular weight is 246 g/mol. The van der Waals surface area contributed by atoms with Crippen LogP contribution in [0.3, 0.4) is 0 Å². The van der Waals surface area contributed by atoms with E-state index >= 15 is 0 Å². The molecule has 1 aromatic rings. The Balaban J connectivity index is 3.01. The Hall–Kier alpha value is -1.57. The fraction of sp³-hybridized carbons (Fsp3) is 0.438. The van der Waals surface area contributed by atoms with Crippen molar-refractivity contribution in [2.75, 3.05) is 6.61 Å². The Morgan fingerprint density at radius 2 is 2.11 bits per heavy atom.